The zero-order chi connectivity index (χ0) is 23.4. The third kappa shape index (κ3) is 3.84. The molecule has 0 radical (unpaired) electrons. The van der Waals surface area contributed by atoms with Gasteiger partial charge in [-0.2, -0.15) is 16.9 Å². The van der Waals surface area contributed by atoms with Crippen molar-refractivity contribution in [1.82, 2.24) is 20.1 Å². The van der Waals surface area contributed by atoms with Gasteiger partial charge in [-0.25, -0.2) is 9.78 Å². The van der Waals surface area contributed by atoms with E-state index >= 15 is 0 Å². The molecule has 11 heteroatoms. The molecule has 0 saturated carbocycles. The fourth-order valence-electron chi connectivity index (χ4n) is 4.54. The molecule has 1 spiro atoms. The number of nitrogens with zero attached hydrogens (tertiary/aromatic N) is 5. The highest BCUT2D eigenvalue weighted by atomic mass is 32.2. The van der Waals surface area contributed by atoms with Gasteiger partial charge >= 0.3 is 6.03 Å². The molecule has 3 fully saturated rings. The number of aryl methyl sites for hydroxylation is 1. The molecule has 2 aromatic rings. The van der Waals surface area contributed by atoms with Crippen molar-refractivity contribution < 1.29 is 14.4 Å². The molecule has 33 heavy (non-hydrogen) atoms. The number of urea groups is 1. The van der Waals surface area contributed by atoms with E-state index < -0.39 is 11.3 Å². The number of nitrogens with one attached hydrogen (secondary N) is 2. The van der Waals surface area contributed by atoms with Crippen LogP contribution in [0.1, 0.15) is 37.2 Å². The first-order valence-electron chi connectivity index (χ1n) is 11.0. The Balaban J connectivity index is 1.36. The van der Waals surface area contributed by atoms with E-state index in [0.717, 1.165) is 24.3 Å². The van der Waals surface area contributed by atoms with Crippen molar-refractivity contribution in [2.24, 2.45) is 12.5 Å². The average molecular weight is 470 g/mol. The third-order valence-electron chi connectivity index (χ3n) is 6.52. The zero-order valence-corrected chi connectivity index (χ0v) is 19.7. The van der Waals surface area contributed by atoms with Gasteiger partial charge in [0.15, 0.2) is 5.82 Å². The summed E-state index contributed by atoms with van der Waals surface area (Å²) in [4.78, 5) is 46.1. The number of carbonyl (C=O) groups is 3. The Kier molecular flexibility index (Phi) is 5.11. The number of hydrogen-bond donors (Lipinski definition) is 2. The van der Waals surface area contributed by atoms with Crippen LogP contribution in [0.4, 0.5) is 22.1 Å². The zero-order valence-electron chi connectivity index (χ0n) is 18.9. The Labute approximate surface area is 196 Å². The van der Waals surface area contributed by atoms with Crippen molar-refractivity contribution in [3.05, 3.63) is 30.1 Å². The van der Waals surface area contributed by atoms with E-state index in [0.29, 0.717) is 30.4 Å². The Bertz CT molecular complexity index is 1140. The van der Waals surface area contributed by atoms with E-state index in [9.17, 15) is 14.4 Å². The molecule has 5 rings (SSSR count). The number of pyridine rings is 1. The number of anilines is 3. The summed E-state index contributed by atoms with van der Waals surface area (Å²) in [6.45, 7) is 4.91. The molecule has 1 unspecified atom stereocenters. The van der Waals surface area contributed by atoms with Crippen molar-refractivity contribution in [1.29, 1.82) is 0 Å². The minimum atomic E-state index is -0.458. The van der Waals surface area contributed by atoms with Crippen LogP contribution in [0, 0.1) is 5.41 Å². The lowest BCUT2D eigenvalue weighted by Crippen LogP contribution is -2.43. The Hall–Kier alpha value is -3.08. The maximum Gasteiger partial charge on any atom is 0.323 e. The molecule has 174 valence electrons. The molecule has 5 heterocycles. The predicted octanol–water partition coefficient (Wildman–Crippen LogP) is 2.24. The number of thioether (sulfide) groups is 1. The topological polar surface area (TPSA) is 112 Å². The van der Waals surface area contributed by atoms with Crippen molar-refractivity contribution >= 4 is 46.9 Å². The Morgan fingerprint density at radius 2 is 2.03 bits per heavy atom. The molecule has 10 nitrogen and oxygen atoms in total. The molecule has 0 aliphatic carbocycles. The van der Waals surface area contributed by atoms with Crippen LogP contribution in [0.2, 0.25) is 0 Å². The van der Waals surface area contributed by atoms with E-state index in [-0.39, 0.29) is 23.2 Å². The SMILES string of the molecule is Cn1cc(NC(=O)c2cccc(N3CC4(CCSC4)NC3=O)n2)c(N2CCC(C)(C)C2=O)n1. The lowest BCUT2D eigenvalue weighted by molar-refractivity contribution is -0.124. The number of amides is 4. The highest BCUT2D eigenvalue weighted by molar-refractivity contribution is 7.99. The summed E-state index contributed by atoms with van der Waals surface area (Å²) < 4.78 is 1.57. The Morgan fingerprint density at radius 3 is 2.73 bits per heavy atom. The predicted molar refractivity (Wildman–Crippen MR) is 127 cm³/mol. The Morgan fingerprint density at radius 1 is 1.21 bits per heavy atom. The quantitative estimate of drug-likeness (QED) is 0.710. The fraction of sp³-hybridized carbons (Fsp3) is 0.500. The van der Waals surface area contributed by atoms with E-state index in [1.54, 1.807) is 45.9 Å². The summed E-state index contributed by atoms with van der Waals surface area (Å²) in [6, 6.07) is 4.87. The van der Waals surface area contributed by atoms with Gasteiger partial charge in [-0.15, -0.1) is 0 Å². The average Bonchev–Trinajstić information content (AvgIpc) is 3.52. The lowest BCUT2D eigenvalue weighted by atomic mass is 9.92. The summed E-state index contributed by atoms with van der Waals surface area (Å²) >= 11 is 1.83. The van der Waals surface area contributed by atoms with Crippen LogP contribution in [-0.2, 0) is 11.8 Å². The number of aromatic nitrogens is 3. The summed E-state index contributed by atoms with van der Waals surface area (Å²) in [6.07, 6.45) is 3.32. The largest absolute Gasteiger partial charge is 0.330 e. The molecule has 3 aliphatic heterocycles. The number of hydrogen-bond acceptors (Lipinski definition) is 6. The first-order chi connectivity index (χ1) is 15.7. The number of carbonyl (C=O) groups excluding carboxylic acids is 3. The van der Waals surface area contributed by atoms with E-state index in [1.165, 1.54) is 0 Å². The molecule has 3 aliphatic rings. The second-order valence-corrected chi connectivity index (χ2v) is 10.7. The normalized spacial score (nSPS) is 24.1. The van der Waals surface area contributed by atoms with Gasteiger partial charge in [0.2, 0.25) is 5.91 Å². The maximum atomic E-state index is 13.1. The molecule has 0 aromatic carbocycles. The first kappa shape index (κ1) is 21.7. The van der Waals surface area contributed by atoms with E-state index in [4.69, 9.17) is 0 Å². The monoisotopic (exact) mass is 469 g/mol. The van der Waals surface area contributed by atoms with Gasteiger partial charge in [0, 0.05) is 24.8 Å². The van der Waals surface area contributed by atoms with Crippen molar-refractivity contribution in [3.8, 4) is 0 Å². The second kappa shape index (κ2) is 7.75. The standard InChI is InChI=1S/C22H27N7O3S/c1-21(2)7-9-28(19(21)31)17-15(11-27(3)26-17)24-18(30)14-5-4-6-16(23-14)29-12-22(25-20(29)32)8-10-33-13-22/h4-6,11H,7-10,12-13H2,1-3H3,(H,24,30)(H,25,32). The summed E-state index contributed by atoms with van der Waals surface area (Å²) in [5, 5.41) is 10.4. The van der Waals surface area contributed by atoms with Gasteiger partial charge in [-0.1, -0.05) is 19.9 Å². The molecule has 3 saturated heterocycles. The van der Waals surface area contributed by atoms with Gasteiger partial charge in [-0.05, 0) is 30.7 Å². The molecule has 4 amide bonds. The van der Waals surface area contributed by atoms with Gasteiger partial charge in [0.1, 0.15) is 17.2 Å². The van der Waals surface area contributed by atoms with Crippen LogP contribution in [0.3, 0.4) is 0 Å². The molecule has 2 N–H and O–H groups in total. The van der Waals surface area contributed by atoms with Crippen LogP contribution in [0.15, 0.2) is 24.4 Å². The molecule has 2 aromatic heterocycles. The number of rotatable bonds is 4. The molecule has 1 atom stereocenters. The van der Waals surface area contributed by atoms with Crippen LogP contribution >= 0.6 is 11.8 Å². The van der Waals surface area contributed by atoms with Crippen molar-refractivity contribution in [3.63, 3.8) is 0 Å². The minimum absolute atomic E-state index is 0.0177. The van der Waals surface area contributed by atoms with Gasteiger partial charge in [0.25, 0.3) is 5.91 Å². The minimum Gasteiger partial charge on any atom is -0.330 e. The van der Waals surface area contributed by atoms with Gasteiger partial charge < -0.3 is 10.6 Å². The van der Waals surface area contributed by atoms with Crippen LogP contribution in [-0.4, -0.2) is 62.7 Å². The lowest BCUT2D eigenvalue weighted by Gasteiger charge is -2.21. The summed E-state index contributed by atoms with van der Waals surface area (Å²) in [5.74, 6) is 2.33. The summed E-state index contributed by atoms with van der Waals surface area (Å²) in [7, 11) is 1.74. The van der Waals surface area contributed by atoms with Crippen molar-refractivity contribution in [2.45, 2.75) is 32.2 Å². The third-order valence-corrected chi connectivity index (χ3v) is 7.77. The summed E-state index contributed by atoms with van der Waals surface area (Å²) in [5.41, 5.74) is -0.0470. The molecular formula is C22H27N7O3S. The molecule has 0 bridgehead atoms. The second-order valence-electron chi connectivity index (χ2n) is 9.57. The highest BCUT2D eigenvalue weighted by Crippen LogP contribution is 2.37. The van der Waals surface area contributed by atoms with Crippen molar-refractivity contribution in [2.75, 3.05) is 39.7 Å². The van der Waals surface area contributed by atoms with Crippen LogP contribution < -0.4 is 20.4 Å². The van der Waals surface area contributed by atoms with Gasteiger partial charge in [-0.3, -0.25) is 24.1 Å². The maximum absolute atomic E-state index is 13.1. The molecular weight excluding hydrogens is 442 g/mol. The highest BCUT2D eigenvalue weighted by Gasteiger charge is 2.46. The smallest absolute Gasteiger partial charge is 0.323 e. The van der Waals surface area contributed by atoms with Crippen LogP contribution in [0.25, 0.3) is 0 Å². The van der Waals surface area contributed by atoms with E-state index in [1.807, 2.05) is 25.6 Å². The first-order valence-corrected chi connectivity index (χ1v) is 12.1. The van der Waals surface area contributed by atoms with Crippen LogP contribution in [0.5, 0.6) is 0 Å². The fourth-order valence-corrected chi connectivity index (χ4v) is 5.92. The van der Waals surface area contributed by atoms with E-state index in [2.05, 4.69) is 20.7 Å². The van der Waals surface area contributed by atoms with Gasteiger partial charge in [0.05, 0.1) is 18.3 Å².